The van der Waals surface area contributed by atoms with Gasteiger partial charge in [0.15, 0.2) is 0 Å². The summed E-state index contributed by atoms with van der Waals surface area (Å²) < 4.78 is 6.47. The van der Waals surface area contributed by atoms with E-state index in [1.54, 1.807) is 18.4 Å². The monoisotopic (exact) mass is 411 g/mol. The van der Waals surface area contributed by atoms with Crippen LogP contribution >= 0.6 is 11.3 Å². The fourth-order valence-electron chi connectivity index (χ4n) is 3.27. The second-order valence-electron chi connectivity index (χ2n) is 7.31. The number of ether oxygens (including phenoxy) is 1. The molecule has 154 valence electrons. The van der Waals surface area contributed by atoms with Crippen molar-refractivity contribution < 1.29 is 9.53 Å². The molecule has 0 unspecified atom stereocenters. The largest absolute Gasteiger partial charge is 0.497 e. The van der Waals surface area contributed by atoms with Crippen molar-refractivity contribution in [3.05, 3.63) is 65.0 Å². The van der Waals surface area contributed by atoms with Crippen molar-refractivity contribution in [2.75, 3.05) is 34.3 Å². The summed E-state index contributed by atoms with van der Waals surface area (Å²) >= 11 is 1.78. The lowest BCUT2D eigenvalue weighted by molar-refractivity contribution is 0.232. The number of likely N-dealkylation sites (N-methyl/N-ethyl adjacent to an activating group) is 1. The molecule has 1 heterocycles. The Balaban J connectivity index is 1.46. The number of carbonyl (C=O) groups excluding carboxylic acids is 1. The molecular formula is C23H29N3O2S. The summed E-state index contributed by atoms with van der Waals surface area (Å²) in [5, 5.41) is 9.51. The third-order valence-corrected chi connectivity index (χ3v) is 6.12. The Morgan fingerprint density at radius 1 is 1.10 bits per heavy atom. The number of rotatable bonds is 9. The molecular weight excluding hydrogens is 382 g/mol. The van der Waals surface area contributed by atoms with E-state index in [2.05, 4.69) is 59.3 Å². The van der Waals surface area contributed by atoms with E-state index in [1.807, 2.05) is 24.3 Å². The van der Waals surface area contributed by atoms with Gasteiger partial charge in [0.25, 0.3) is 0 Å². The number of urea groups is 1. The minimum atomic E-state index is -0.125. The van der Waals surface area contributed by atoms with Gasteiger partial charge in [-0.3, -0.25) is 0 Å². The fourth-order valence-corrected chi connectivity index (χ4v) is 4.24. The highest BCUT2D eigenvalue weighted by atomic mass is 32.1. The van der Waals surface area contributed by atoms with Crippen LogP contribution < -0.4 is 15.4 Å². The zero-order valence-corrected chi connectivity index (χ0v) is 18.1. The van der Waals surface area contributed by atoms with Gasteiger partial charge >= 0.3 is 6.03 Å². The van der Waals surface area contributed by atoms with Crippen LogP contribution in [0.25, 0.3) is 10.1 Å². The summed E-state index contributed by atoms with van der Waals surface area (Å²) in [6.07, 6.45) is 1.69. The standard InChI is InChI=1S/C23H29N3O2S/c1-26(2)19(14-18-16-29-22-7-5-4-6-21(18)22)15-25-23(27)24-13-12-17-8-10-20(28-3)11-9-17/h4-11,16,19H,12-15H2,1-3H3,(H2,24,25,27)/t19-/m0/s1. The normalized spacial score (nSPS) is 12.1. The highest BCUT2D eigenvalue weighted by molar-refractivity contribution is 7.17. The number of nitrogens with zero attached hydrogens (tertiary/aromatic N) is 1. The zero-order chi connectivity index (χ0) is 20.6. The van der Waals surface area contributed by atoms with Gasteiger partial charge in [-0.2, -0.15) is 0 Å². The quantitative estimate of drug-likeness (QED) is 0.561. The number of benzene rings is 2. The van der Waals surface area contributed by atoms with Crippen LogP contribution in [0, 0.1) is 0 Å². The minimum absolute atomic E-state index is 0.125. The fraction of sp³-hybridized carbons (Fsp3) is 0.348. The molecule has 1 atom stereocenters. The number of amides is 2. The molecule has 0 saturated heterocycles. The summed E-state index contributed by atoms with van der Waals surface area (Å²) in [6, 6.07) is 16.5. The van der Waals surface area contributed by atoms with Gasteiger partial charge in [0.1, 0.15) is 5.75 Å². The van der Waals surface area contributed by atoms with Crippen LogP contribution in [-0.2, 0) is 12.8 Å². The van der Waals surface area contributed by atoms with Crippen molar-refractivity contribution >= 4 is 27.5 Å². The Labute approximate surface area is 176 Å². The van der Waals surface area contributed by atoms with E-state index in [-0.39, 0.29) is 12.1 Å². The maximum absolute atomic E-state index is 12.2. The van der Waals surface area contributed by atoms with E-state index >= 15 is 0 Å². The summed E-state index contributed by atoms with van der Waals surface area (Å²) in [7, 11) is 5.77. The Bertz CT molecular complexity index is 921. The minimum Gasteiger partial charge on any atom is -0.497 e. The number of thiophene rings is 1. The maximum atomic E-state index is 12.2. The first kappa shape index (κ1) is 21.1. The molecule has 5 nitrogen and oxygen atoms in total. The van der Waals surface area contributed by atoms with Crippen LogP contribution in [0.1, 0.15) is 11.1 Å². The molecule has 0 spiro atoms. The number of nitrogens with one attached hydrogen (secondary N) is 2. The van der Waals surface area contributed by atoms with Crippen molar-refractivity contribution in [3.8, 4) is 5.75 Å². The lowest BCUT2D eigenvalue weighted by Crippen LogP contribution is -2.45. The van der Waals surface area contributed by atoms with Gasteiger partial charge in [-0.25, -0.2) is 4.79 Å². The second-order valence-corrected chi connectivity index (χ2v) is 8.22. The van der Waals surface area contributed by atoms with Crippen LogP contribution in [0.15, 0.2) is 53.9 Å². The Morgan fingerprint density at radius 2 is 1.86 bits per heavy atom. The van der Waals surface area contributed by atoms with Gasteiger partial charge in [-0.15, -0.1) is 11.3 Å². The number of methoxy groups -OCH3 is 1. The maximum Gasteiger partial charge on any atom is 0.314 e. The summed E-state index contributed by atoms with van der Waals surface area (Å²) in [4.78, 5) is 14.4. The number of carbonyl (C=O) groups is 1. The molecule has 0 aliphatic rings. The molecule has 2 amide bonds. The molecule has 1 aromatic heterocycles. The number of fused-ring (bicyclic) bond motifs is 1. The summed E-state index contributed by atoms with van der Waals surface area (Å²) in [6.45, 7) is 1.20. The second kappa shape index (κ2) is 10.3. The van der Waals surface area contributed by atoms with Gasteiger partial charge in [0.05, 0.1) is 7.11 Å². The molecule has 0 saturated carbocycles. The lowest BCUT2D eigenvalue weighted by atomic mass is 10.0. The zero-order valence-electron chi connectivity index (χ0n) is 17.3. The van der Waals surface area contributed by atoms with Crippen molar-refractivity contribution in [2.45, 2.75) is 18.9 Å². The van der Waals surface area contributed by atoms with Crippen molar-refractivity contribution in [1.82, 2.24) is 15.5 Å². The molecule has 0 radical (unpaired) electrons. The van der Waals surface area contributed by atoms with Crippen molar-refractivity contribution in [1.29, 1.82) is 0 Å². The smallest absolute Gasteiger partial charge is 0.314 e. The SMILES string of the molecule is COc1ccc(CCNC(=O)NC[C@H](Cc2csc3ccccc23)N(C)C)cc1. The third-order valence-electron chi connectivity index (χ3n) is 5.10. The van der Waals surface area contributed by atoms with E-state index in [4.69, 9.17) is 4.74 Å². The third kappa shape index (κ3) is 5.95. The van der Waals surface area contributed by atoms with E-state index in [0.717, 1.165) is 18.6 Å². The molecule has 6 heteroatoms. The highest BCUT2D eigenvalue weighted by Gasteiger charge is 2.16. The molecule has 0 fully saturated rings. The number of hydrogen-bond donors (Lipinski definition) is 2. The topological polar surface area (TPSA) is 53.6 Å². The molecule has 0 aliphatic carbocycles. The van der Waals surface area contributed by atoms with Gasteiger partial charge in [0.2, 0.25) is 0 Å². The van der Waals surface area contributed by atoms with Crippen LogP contribution in [-0.4, -0.2) is 51.3 Å². The summed E-state index contributed by atoms with van der Waals surface area (Å²) in [5.41, 5.74) is 2.51. The van der Waals surface area contributed by atoms with Gasteiger partial charge < -0.3 is 20.3 Å². The van der Waals surface area contributed by atoms with Crippen molar-refractivity contribution in [3.63, 3.8) is 0 Å². The van der Waals surface area contributed by atoms with E-state index < -0.39 is 0 Å². The van der Waals surface area contributed by atoms with E-state index in [9.17, 15) is 4.79 Å². The molecule has 0 bridgehead atoms. The molecule has 2 aromatic carbocycles. The highest BCUT2D eigenvalue weighted by Crippen LogP contribution is 2.27. The van der Waals surface area contributed by atoms with Crippen LogP contribution in [0.3, 0.4) is 0 Å². The average molecular weight is 412 g/mol. The van der Waals surface area contributed by atoms with Crippen molar-refractivity contribution in [2.24, 2.45) is 0 Å². The van der Waals surface area contributed by atoms with Gasteiger partial charge in [0, 0.05) is 23.8 Å². The predicted molar refractivity (Wildman–Crippen MR) is 121 cm³/mol. The Hall–Kier alpha value is -2.57. The Kier molecular flexibility index (Phi) is 7.49. The summed E-state index contributed by atoms with van der Waals surface area (Å²) in [5.74, 6) is 0.840. The number of hydrogen-bond acceptors (Lipinski definition) is 4. The molecule has 3 aromatic rings. The first-order chi connectivity index (χ1) is 14.1. The predicted octanol–water partition coefficient (Wildman–Crippen LogP) is 3.92. The molecule has 29 heavy (non-hydrogen) atoms. The average Bonchev–Trinajstić information content (AvgIpc) is 3.14. The Morgan fingerprint density at radius 3 is 2.59 bits per heavy atom. The lowest BCUT2D eigenvalue weighted by Gasteiger charge is -2.24. The first-order valence-electron chi connectivity index (χ1n) is 9.83. The molecule has 3 rings (SSSR count). The molecule has 2 N–H and O–H groups in total. The molecule has 0 aliphatic heterocycles. The van der Waals surface area contributed by atoms with Gasteiger partial charge in [-0.1, -0.05) is 30.3 Å². The van der Waals surface area contributed by atoms with Crippen LogP contribution in [0.2, 0.25) is 0 Å². The van der Waals surface area contributed by atoms with E-state index in [1.165, 1.54) is 21.2 Å². The van der Waals surface area contributed by atoms with Crippen LogP contribution in [0.5, 0.6) is 5.75 Å². The van der Waals surface area contributed by atoms with E-state index in [0.29, 0.717) is 13.1 Å². The van der Waals surface area contributed by atoms with Gasteiger partial charge in [-0.05, 0) is 67.0 Å². The van der Waals surface area contributed by atoms with Crippen LogP contribution in [0.4, 0.5) is 4.79 Å². The first-order valence-corrected chi connectivity index (χ1v) is 10.7.